The van der Waals surface area contributed by atoms with Gasteiger partial charge in [-0.05, 0) is 24.5 Å². The first kappa shape index (κ1) is 16.2. The van der Waals surface area contributed by atoms with Gasteiger partial charge in [0, 0.05) is 17.3 Å². The van der Waals surface area contributed by atoms with E-state index >= 15 is 0 Å². The van der Waals surface area contributed by atoms with Crippen LogP contribution in [0.2, 0.25) is 0 Å². The van der Waals surface area contributed by atoms with Crippen LogP contribution in [0.5, 0.6) is 0 Å². The first-order valence-electron chi connectivity index (χ1n) is 9.10. The fraction of sp³-hybridized carbons (Fsp3) is 0.286. The van der Waals surface area contributed by atoms with E-state index in [4.69, 9.17) is 0 Å². The van der Waals surface area contributed by atoms with E-state index in [2.05, 4.69) is 16.0 Å². The molecule has 2 saturated heterocycles. The Bertz CT molecular complexity index is 987. The molecule has 136 valence electrons. The van der Waals surface area contributed by atoms with E-state index in [9.17, 15) is 14.4 Å². The molecule has 0 aromatic heterocycles. The molecule has 2 aromatic rings. The van der Waals surface area contributed by atoms with Gasteiger partial charge in [0.05, 0.1) is 11.8 Å². The largest absolute Gasteiger partial charge is 0.324 e. The molecule has 3 amide bonds. The Morgan fingerprint density at radius 2 is 1.70 bits per heavy atom. The summed E-state index contributed by atoms with van der Waals surface area (Å²) in [5.41, 5.74) is 2.28. The van der Waals surface area contributed by atoms with Crippen molar-refractivity contribution in [1.29, 1.82) is 0 Å². The molecule has 6 nitrogen and oxygen atoms in total. The third-order valence-electron chi connectivity index (χ3n) is 6.10. The van der Waals surface area contributed by atoms with Gasteiger partial charge in [-0.15, -0.1) is 0 Å². The molecule has 5 rings (SSSR count). The molecular weight excluding hydrogens is 342 g/mol. The van der Waals surface area contributed by atoms with Crippen molar-refractivity contribution in [3.8, 4) is 0 Å². The van der Waals surface area contributed by atoms with Gasteiger partial charge in [0.1, 0.15) is 5.54 Å². The van der Waals surface area contributed by atoms with Crippen LogP contribution in [-0.2, 0) is 26.3 Å². The summed E-state index contributed by atoms with van der Waals surface area (Å²) < 4.78 is 0. The molecule has 3 heterocycles. The minimum absolute atomic E-state index is 0.262. The van der Waals surface area contributed by atoms with E-state index < -0.39 is 17.4 Å². The fourth-order valence-electron chi connectivity index (χ4n) is 4.94. The molecule has 0 radical (unpaired) electrons. The molecule has 4 atom stereocenters. The number of anilines is 1. The number of hydrogen-bond acceptors (Lipinski definition) is 4. The smallest absolute Gasteiger partial charge is 0.250 e. The summed E-state index contributed by atoms with van der Waals surface area (Å²) in [6.07, 6.45) is 0.568. The Hall–Kier alpha value is -2.99. The number of carbonyl (C=O) groups is 3. The van der Waals surface area contributed by atoms with Crippen molar-refractivity contribution in [3.63, 3.8) is 0 Å². The second-order valence-electron chi connectivity index (χ2n) is 7.56. The molecule has 1 spiro atoms. The second-order valence-corrected chi connectivity index (χ2v) is 7.56. The molecular formula is C21H19N3O3. The topological polar surface area (TPSA) is 87.3 Å². The summed E-state index contributed by atoms with van der Waals surface area (Å²) in [5.74, 6) is -2.26. The van der Waals surface area contributed by atoms with Crippen LogP contribution in [0.3, 0.4) is 0 Å². The average molecular weight is 361 g/mol. The summed E-state index contributed by atoms with van der Waals surface area (Å²) in [6, 6.07) is 15.2. The Balaban J connectivity index is 1.64. The van der Waals surface area contributed by atoms with Gasteiger partial charge in [-0.1, -0.05) is 48.5 Å². The number of nitrogens with one attached hydrogen (secondary N) is 3. The molecule has 6 heteroatoms. The highest BCUT2D eigenvalue weighted by molar-refractivity contribution is 6.15. The summed E-state index contributed by atoms with van der Waals surface area (Å²) in [7, 11) is 0. The SMILES string of the molecule is Cc1cccc2c1NC(=O)[C@@]21N[C@H](Cc2ccccc2)[C@H]2C(=O)NC(=O)[C@H]21. The lowest BCUT2D eigenvalue weighted by Gasteiger charge is -2.27. The van der Waals surface area contributed by atoms with Crippen molar-refractivity contribution in [2.45, 2.75) is 24.9 Å². The predicted octanol–water partition coefficient (Wildman–Crippen LogP) is 1.25. The van der Waals surface area contributed by atoms with Crippen LogP contribution in [0.15, 0.2) is 48.5 Å². The number of hydrogen-bond donors (Lipinski definition) is 3. The van der Waals surface area contributed by atoms with E-state index in [0.717, 1.165) is 22.4 Å². The summed E-state index contributed by atoms with van der Waals surface area (Å²) in [5, 5.41) is 8.81. The third kappa shape index (κ3) is 2.07. The molecule has 3 aliphatic rings. The quantitative estimate of drug-likeness (QED) is 0.703. The summed E-state index contributed by atoms with van der Waals surface area (Å²) in [4.78, 5) is 38.4. The first-order chi connectivity index (χ1) is 13.0. The zero-order valence-corrected chi connectivity index (χ0v) is 14.8. The third-order valence-corrected chi connectivity index (χ3v) is 6.10. The molecule has 0 bridgehead atoms. The van der Waals surface area contributed by atoms with E-state index in [1.54, 1.807) is 0 Å². The number of amides is 3. The van der Waals surface area contributed by atoms with Gasteiger partial charge in [-0.25, -0.2) is 0 Å². The average Bonchev–Trinajstić information content (AvgIpc) is 3.24. The van der Waals surface area contributed by atoms with E-state index in [-0.39, 0.29) is 23.8 Å². The zero-order valence-electron chi connectivity index (χ0n) is 14.8. The molecule has 0 aliphatic carbocycles. The van der Waals surface area contributed by atoms with Crippen LogP contribution in [0, 0.1) is 18.8 Å². The number of benzene rings is 2. The van der Waals surface area contributed by atoms with Gasteiger partial charge in [0.15, 0.2) is 0 Å². The Kier molecular flexibility index (Phi) is 3.30. The van der Waals surface area contributed by atoms with Crippen molar-refractivity contribution < 1.29 is 14.4 Å². The zero-order chi connectivity index (χ0) is 18.8. The second kappa shape index (κ2) is 5.50. The lowest BCUT2D eigenvalue weighted by molar-refractivity contribution is -0.132. The predicted molar refractivity (Wildman–Crippen MR) is 98.7 cm³/mol. The van der Waals surface area contributed by atoms with Crippen molar-refractivity contribution in [2.75, 3.05) is 5.32 Å². The molecule has 0 unspecified atom stereocenters. The van der Waals surface area contributed by atoms with E-state index in [1.807, 2.05) is 55.5 Å². The van der Waals surface area contributed by atoms with Gasteiger partial charge in [0.25, 0.3) is 0 Å². The molecule has 2 fully saturated rings. The molecule has 0 saturated carbocycles. The highest BCUT2D eigenvalue weighted by Gasteiger charge is 2.68. The lowest BCUT2D eigenvalue weighted by atomic mass is 9.76. The maximum atomic E-state index is 13.1. The molecule has 3 aliphatic heterocycles. The van der Waals surface area contributed by atoms with Crippen LogP contribution >= 0.6 is 0 Å². The van der Waals surface area contributed by atoms with Crippen LogP contribution in [0.4, 0.5) is 5.69 Å². The van der Waals surface area contributed by atoms with Gasteiger partial charge in [-0.3, -0.25) is 25.0 Å². The molecule has 27 heavy (non-hydrogen) atoms. The van der Waals surface area contributed by atoms with Gasteiger partial charge in [-0.2, -0.15) is 0 Å². The van der Waals surface area contributed by atoms with E-state index in [0.29, 0.717) is 6.42 Å². The van der Waals surface area contributed by atoms with Crippen LogP contribution in [0.25, 0.3) is 0 Å². The van der Waals surface area contributed by atoms with Crippen molar-refractivity contribution in [3.05, 3.63) is 65.2 Å². The highest BCUT2D eigenvalue weighted by Crippen LogP contribution is 2.52. The normalized spacial score (nSPS) is 31.0. The van der Waals surface area contributed by atoms with Crippen LogP contribution < -0.4 is 16.0 Å². The van der Waals surface area contributed by atoms with Gasteiger partial charge < -0.3 is 5.32 Å². The summed E-state index contributed by atoms with van der Waals surface area (Å²) >= 11 is 0. The number of imide groups is 1. The number of para-hydroxylation sites is 1. The monoisotopic (exact) mass is 361 g/mol. The number of aryl methyl sites for hydroxylation is 1. The highest BCUT2D eigenvalue weighted by atomic mass is 16.2. The van der Waals surface area contributed by atoms with Crippen molar-refractivity contribution in [2.24, 2.45) is 11.8 Å². The Labute approximate surface area is 156 Å². The fourth-order valence-corrected chi connectivity index (χ4v) is 4.94. The molecule has 2 aromatic carbocycles. The summed E-state index contributed by atoms with van der Waals surface area (Å²) in [6.45, 7) is 1.92. The van der Waals surface area contributed by atoms with Crippen molar-refractivity contribution >= 4 is 23.4 Å². The number of rotatable bonds is 2. The number of fused-ring (bicyclic) bond motifs is 4. The Morgan fingerprint density at radius 3 is 2.48 bits per heavy atom. The maximum Gasteiger partial charge on any atom is 0.250 e. The van der Waals surface area contributed by atoms with Gasteiger partial charge >= 0.3 is 0 Å². The minimum atomic E-state index is -1.21. The molecule has 3 N–H and O–H groups in total. The first-order valence-corrected chi connectivity index (χ1v) is 9.10. The maximum absolute atomic E-state index is 13.1. The van der Waals surface area contributed by atoms with E-state index in [1.165, 1.54) is 0 Å². The Morgan fingerprint density at radius 1 is 0.926 bits per heavy atom. The minimum Gasteiger partial charge on any atom is -0.324 e. The number of carbonyl (C=O) groups excluding carboxylic acids is 3. The lowest BCUT2D eigenvalue weighted by Crippen LogP contribution is -2.53. The van der Waals surface area contributed by atoms with Crippen molar-refractivity contribution in [1.82, 2.24) is 10.6 Å². The van der Waals surface area contributed by atoms with Crippen LogP contribution in [0.1, 0.15) is 16.7 Å². The standard InChI is InChI=1S/C21H19N3O3/c1-11-6-5-9-13-17(11)22-20(27)21(13)16-15(18(25)23-19(16)26)14(24-21)10-12-7-3-2-4-8-12/h2-9,14-16,24H,10H2,1H3,(H,22,27)(H,23,25,26)/t14-,15-,16+,21-/m1/s1. The van der Waals surface area contributed by atoms with Crippen LogP contribution in [-0.4, -0.2) is 23.8 Å². The van der Waals surface area contributed by atoms with Gasteiger partial charge in [0.2, 0.25) is 17.7 Å².